The molecule has 0 aliphatic carbocycles. The van der Waals surface area contributed by atoms with E-state index in [1.54, 1.807) is 0 Å². The van der Waals surface area contributed by atoms with Gasteiger partial charge in [-0.25, -0.2) is 4.57 Å². The highest BCUT2D eigenvalue weighted by Crippen LogP contribution is 2.38. The average Bonchev–Trinajstić information content (AvgIpc) is 1.53. The van der Waals surface area contributed by atoms with E-state index in [0.717, 1.165) is 0 Å². The predicted octanol–water partition coefficient (Wildman–Crippen LogP) is 0.0841. The van der Waals surface area contributed by atoms with Gasteiger partial charge in [-0.05, 0) is 0 Å². The van der Waals surface area contributed by atoms with Gasteiger partial charge in [-0.15, -0.1) is 0 Å². The molecule has 0 atom stereocenters. The van der Waals surface area contributed by atoms with Gasteiger partial charge in [-0.3, -0.25) is 14.6 Å². The number of carboxylic acids is 1. The molecule has 0 radical (unpaired) electrons. The summed E-state index contributed by atoms with van der Waals surface area (Å²) in [7, 11) is -4.64. The first-order chi connectivity index (χ1) is 4.81. The SMILES string of the molecule is C=C(CC(=O)O)OP(=O)(O)O. The van der Waals surface area contributed by atoms with Crippen molar-refractivity contribution < 1.29 is 28.8 Å². The van der Waals surface area contributed by atoms with Crippen molar-refractivity contribution in [1.82, 2.24) is 0 Å². The van der Waals surface area contributed by atoms with Crippen LogP contribution in [-0.2, 0) is 13.9 Å². The molecular formula is C4H7O6P. The van der Waals surface area contributed by atoms with Crippen molar-refractivity contribution in [3.8, 4) is 0 Å². The normalized spacial score (nSPS) is 10.7. The number of hydrogen-bond acceptors (Lipinski definition) is 3. The van der Waals surface area contributed by atoms with Crippen LogP contribution in [0, 0.1) is 0 Å². The Kier molecular flexibility index (Phi) is 3.25. The molecule has 0 bridgehead atoms. The van der Waals surface area contributed by atoms with E-state index in [4.69, 9.17) is 14.9 Å². The Balaban J connectivity index is 3.90. The van der Waals surface area contributed by atoms with Crippen molar-refractivity contribution in [2.45, 2.75) is 6.42 Å². The van der Waals surface area contributed by atoms with Gasteiger partial charge in [-0.1, -0.05) is 6.58 Å². The fraction of sp³-hybridized carbons (Fsp3) is 0.250. The lowest BCUT2D eigenvalue weighted by atomic mass is 10.4. The number of rotatable bonds is 4. The zero-order valence-electron chi connectivity index (χ0n) is 5.43. The Morgan fingerprint density at radius 1 is 1.55 bits per heavy atom. The molecule has 0 fully saturated rings. The average molecular weight is 182 g/mol. The first-order valence-corrected chi connectivity index (χ1v) is 3.99. The van der Waals surface area contributed by atoms with Gasteiger partial charge in [0.2, 0.25) is 0 Å². The van der Waals surface area contributed by atoms with Gasteiger partial charge in [-0.2, -0.15) is 0 Å². The van der Waals surface area contributed by atoms with Gasteiger partial charge >= 0.3 is 13.8 Å². The number of aliphatic carboxylic acids is 1. The molecule has 11 heavy (non-hydrogen) atoms. The van der Waals surface area contributed by atoms with Crippen LogP contribution in [0.2, 0.25) is 0 Å². The monoisotopic (exact) mass is 182 g/mol. The van der Waals surface area contributed by atoms with E-state index in [1.165, 1.54) is 0 Å². The summed E-state index contributed by atoms with van der Waals surface area (Å²) in [6.07, 6.45) is -0.620. The lowest BCUT2D eigenvalue weighted by Crippen LogP contribution is -1.98. The van der Waals surface area contributed by atoms with E-state index in [1.807, 2.05) is 0 Å². The van der Waals surface area contributed by atoms with Crippen LogP contribution in [0.4, 0.5) is 0 Å². The summed E-state index contributed by atoms with van der Waals surface area (Å²) in [4.78, 5) is 26.2. The van der Waals surface area contributed by atoms with E-state index < -0.39 is 26.0 Å². The van der Waals surface area contributed by atoms with Gasteiger partial charge in [0, 0.05) is 0 Å². The molecule has 0 amide bonds. The van der Waals surface area contributed by atoms with Crippen LogP contribution in [-0.4, -0.2) is 20.9 Å². The van der Waals surface area contributed by atoms with Crippen LogP contribution >= 0.6 is 7.82 Å². The van der Waals surface area contributed by atoms with Crippen molar-refractivity contribution in [2.75, 3.05) is 0 Å². The molecule has 0 aromatic carbocycles. The van der Waals surface area contributed by atoms with Crippen molar-refractivity contribution >= 4 is 13.8 Å². The van der Waals surface area contributed by atoms with Crippen molar-refractivity contribution in [2.24, 2.45) is 0 Å². The largest absolute Gasteiger partial charge is 0.524 e. The van der Waals surface area contributed by atoms with Gasteiger partial charge in [0.15, 0.2) is 0 Å². The number of carboxylic acid groups (broad SMARTS) is 1. The lowest BCUT2D eigenvalue weighted by molar-refractivity contribution is -0.136. The highest BCUT2D eigenvalue weighted by molar-refractivity contribution is 7.46. The van der Waals surface area contributed by atoms with Crippen molar-refractivity contribution in [3.05, 3.63) is 12.3 Å². The van der Waals surface area contributed by atoms with E-state index in [2.05, 4.69) is 11.1 Å². The van der Waals surface area contributed by atoms with Crippen molar-refractivity contribution in [3.63, 3.8) is 0 Å². The maximum Gasteiger partial charge on any atom is 0.524 e. The quantitative estimate of drug-likeness (QED) is 0.420. The minimum Gasteiger partial charge on any atom is -0.481 e. The molecule has 64 valence electrons. The Morgan fingerprint density at radius 2 is 2.00 bits per heavy atom. The number of phosphoric acid groups is 1. The molecule has 0 saturated heterocycles. The van der Waals surface area contributed by atoms with Crippen LogP contribution in [0.15, 0.2) is 12.3 Å². The third-order valence-electron chi connectivity index (χ3n) is 0.596. The Morgan fingerprint density at radius 3 is 2.27 bits per heavy atom. The molecule has 0 rings (SSSR count). The maximum absolute atomic E-state index is 10.0. The molecule has 7 heteroatoms. The second kappa shape index (κ2) is 3.52. The molecular weight excluding hydrogens is 175 g/mol. The van der Waals surface area contributed by atoms with Crippen LogP contribution in [0.25, 0.3) is 0 Å². The molecule has 0 heterocycles. The fourth-order valence-corrected chi connectivity index (χ4v) is 0.770. The molecule has 3 N–H and O–H groups in total. The standard InChI is InChI=1S/C4H7O6P/c1-3(2-4(5)6)10-11(7,8)9/h1-2H2,(H,5,6)(H2,7,8,9). The summed E-state index contributed by atoms with van der Waals surface area (Å²) in [5.74, 6) is -1.73. The number of carbonyl (C=O) groups is 1. The zero-order chi connectivity index (χ0) is 9.07. The third-order valence-corrected chi connectivity index (χ3v) is 1.09. The van der Waals surface area contributed by atoms with Crippen molar-refractivity contribution in [1.29, 1.82) is 0 Å². The minimum atomic E-state index is -4.64. The summed E-state index contributed by atoms with van der Waals surface area (Å²) in [5, 5.41) is 8.09. The van der Waals surface area contributed by atoms with Crippen LogP contribution < -0.4 is 0 Å². The Bertz CT molecular complexity index is 215. The summed E-state index contributed by atoms with van der Waals surface area (Å²) >= 11 is 0. The fourth-order valence-electron chi connectivity index (χ4n) is 0.369. The number of hydrogen-bond donors (Lipinski definition) is 3. The van der Waals surface area contributed by atoms with Gasteiger partial charge in [0.05, 0.1) is 0 Å². The van der Waals surface area contributed by atoms with Crippen LogP contribution in [0.5, 0.6) is 0 Å². The van der Waals surface area contributed by atoms with Crippen LogP contribution in [0.1, 0.15) is 6.42 Å². The summed E-state index contributed by atoms with van der Waals surface area (Å²) in [6, 6.07) is 0. The Labute approximate surface area is 62.4 Å². The van der Waals surface area contributed by atoms with E-state index in [9.17, 15) is 9.36 Å². The molecule has 0 aliphatic heterocycles. The molecule has 0 aliphatic rings. The maximum atomic E-state index is 10.0. The van der Waals surface area contributed by atoms with Gasteiger partial charge in [0.1, 0.15) is 12.2 Å². The van der Waals surface area contributed by atoms with Gasteiger partial charge < -0.3 is 9.63 Å². The summed E-state index contributed by atoms with van der Waals surface area (Å²) in [6.45, 7) is 2.98. The highest BCUT2D eigenvalue weighted by Gasteiger charge is 2.17. The van der Waals surface area contributed by atoms with Crippen LogP contribution in [0.3, 0.4) is 0 Å². The minimum absolute atomic E-state index is 0.467. The summed E-state index contributed by atoms with van der Waals surface area (Å²) in [5.41, 5.74) is 0. The smallest absolute Gasteiger partial charge is 0.481 e. The molecule has 6 nitrogen and oxygen atoms in total. The van der Waals surface area contributed by atoms with E-state index >= 15 is 0 Å². The third kappa shape index (κ3) is 7.05. The van der Waals surface area contributed by atoms with Gasteiger partial charge in [0.25, 0.3) is 0 Å². The highest BCUT2D eigenvalue weighted by atomic mass is 31.2. The molecule has 0 saturated carbocycles. The predicted molar refractivity (Wildman–Crippen MR) is 34.5 cm³/mol. The van der Waals surface area contributed by atoms with E-state index in [-0.39, 0.29) is 0 Å². The molecule has 0 unspecified atom stereocenters. The first kappa shape index (κ1) is 10.2. The molecule has 0 aromatic heterocycles. The molecule has 0 aromatic rings. The lowest BCUT2D eigenvalue weighted by Gasteiger charge is -2.06. The number of phosphoric ester groups is 1. The van der Waals surface area contributed by atoms with E-state index in [0.29, 0.717) is 0 Å². The Hall–Kier alpha value is -0.840. The topological polar surface area (TPSA) is 104 Å². The summed E-state index contributed by atoms with van der Waals surface area (Å²) < 4.78 is 13.9. The zero-order valence-corrected chi connectivity index (χ0v) is 6.32. The first-order valence-electron chi connectivity index (χ1n) is 2.46. The second-order valence-corrected chi connectivity index (χ2v) is 2.85. The second-order valence-electron chi connectivity index (χ2n) is 1.69. The molecule has 0 spiro atoms.